The lowest BCUT2D eigenvalue weighted by atomic mass is 10.2. The molecular weight excluding hydrogens is 230 g/mol. The standard InChI is InChI=1S/C12H17N5O/c1-9-10(3-4-13)11(18)15-12(14-9)17-7-5-16(2)6-8-17/h3,5-8H2,1-2H3,(H,14,15,18). The predicted molar refractivity (Wildman–Crippen MR) is 68.6 cm³/mol. The predicted octanol–water partition coefficient (Wildman–Crippen LogP) is -0.104. The number of anilines is 1. The Morgan fingerprint density at radius 2 is 2.06 bits per heavy atom. The summed E-state index contributed by atoms with van der Waals surface area (Å²) >= 11 is 0. The van der Waals surface area contributed by atoms with Gasteiger partial charge in [-0.25, -0.2) is 4.98 Å². The molecule has 1 aliphatic heterocycles. The maximum absolute atomic E-state index is 11.9. The van der Waals surface area contributed by atoms with E-state index in [9.17, 15) is 4.79 Å². The number of likely N-dealkylation sites (N-methyl/N-ethyl adjacent to an activating group) is 1. The molecule has 6 heteroatoms. The lowest BCUT2D eigenvalue weighted by Gasteiger charge is -2.32. The van der Waals surface area contributed by atoms with E-state index in [0.29, 0.717) is 17.2 Å². The van der Waals surface area contributed by atoms with E-state index in [2.05, 4.69) is 26.8 Å². The smallest absolute Gasteiger partial charge is 0.256 e. The molecule has 1 aromatic rings. The van der Waals surface area contributed by atoms with E-state index in [1.807, 2.05) is 6.07 Å². The number of rotatable bonds is 2. The van der Waals surface area contributed by atoms with Gasteiger partial charge in [0.25, 0.3) is 5.56 Å². The van der Waals surface area contributed by atoms with Gasteiger partial charge in [0.05, 0.1) is 23.7 Å². The molecular formula is C12H17N5O. The Morgan fingerprint density at radius 3 is 2.61 bits per heavy atom. The number of hydrogen-bond donors (Lipinski definition) is 1. The lowest BCUT2D eigenvalue weighted by molar-refractivity contribution is 0.311. The first kappa shape index (κ1) is 12.6. The highest BCUT2D eigenvalue weighted by Gasteiger charge is 2.17. The van der Waals surface area contributed by atoms with Crippen molar-refractivity contribution in [2.24, 2.45) is 0 Å². The van der Waals surface area contributed by atoms with Crippen LogP contribution in [0.25, 0.3) is 0 Å². The Hall–Kier alpha value is -1.87. The molecule has 0 saturated carbocycles. The van der Waals surface area contributed by atoms with Crippen molar-refractivity contribution < 1.29 is 0 Å². The van der Waals surface area contributed by atoms with Crippen molar-refractivity contribution in [1.82, 2.24) is 14.9 Å². The highest BCUT2D eigenvalue weighted by Crippen LogP contribution is 2.10. The van der Waals surface area contributed by atoms with Crippen LogP contribution in [0.2, 0.25) is 0 Å². The molecule has 0 aliphatic carbocycles. The molecule has 1 N–H and O–H groups in total. The van der Waals surface area contributed by atoms with Gasteiger partial charge in [0.2, 0.25) is 5.95 Å². The van der Waals surface area contributed by atoms with Gasteiger partial charge in [-0.2, -0.15) is 5.26 Å². The third kappa shape index (κ3) is 2.51. The lowest BCUT2D eigenvalue weighted by Crippen LogP contribution is -2.45. The molecule has 1 aliphatic rings. The van der Waals surface area contributed by atoms with Crippen LogP contribution in [-0.4, -0.2) is 48.1 Å². The number of piperazine rings is 1. The first-order valence-electron chi connectivity index (χ1n) is 6.02. The maximum Gasteiger partial charge on any atom is 0.256 e. The molecule has 0 unspecified atom stereocenters. The van der Waals surface area contributed by atoms with Gasteiger partial charge in [-0.3, -0.25) is 9.78 Å². The van der Waals surface area contributed by atoms with Crippen LogP contribution in [0.15, 0.2) is 4.79 Å². The van der Waals surface area contributed by atoms with Gasteiger partial charge < -0.3 is 9.80 Å². The highest BCUT2D eigenvalue weighted by molar-refractivity contribution is 5.34. The van der Waals surface area contributed by atoms with Gasteiger partial charge in [0.15, 0.2) is 0 Å². The zero-order valence-electron chi connectivity index (χ0n) is 10.7. The fraction of sp³-hybridized carbons (Fsp3) is 0.583. The first-order chi connectivity index (χ1) is 8.61. The average molecular weight is 247 g/mol. The highest BCUT2D eigenvalue weighted by atomic mass is 16.1. The van der Waals surface area contributed by atoms with Gasteiger partial charge in [0.1, 0.15) is 0 Å². The van der Waals surface area contributed by atoms with Gasteiger partial charge >= 0.3 is 0 Å². The summed E-state index contributed by atoms with van der Waals surface area (Å²) in [5, 5.41) is 8.67. The largest absolute Gasteiger partial charge is 0.340 e. The zero-order chi connectivity index (χ0) is 13.1. The van der Waals surface area contributed by atoms with Crippen LogP contribution in [0.4, 0.5) is 5.95 Å². The molecule has 0 aromatic carbocycles. The van der Waals surface area contributed by atoms with Crippen LogP contribution in [0, 0.1) is 18.3 Å². The summed E-state index contributed by atoms with van der Waals surface area (Å²) in [6, 6.07) is 1.99. The normalized spacial score (nSPS) is 16.6. The first-order valence-corrected chi connectivity index (χ1v) is 6.02. The molecule has 1 fully saturated rings. The topological polar surface area (TPSA) is 76.0 Å². The van der Waals surface area contributed by atoms with E-state index in [4.69, 9.17) is 5.26 Å². The molecule has 0 atom stereocenters. The molecule has 0 amide bonds. The van der Waals surface area contributed by atoms with Crippen molar-refractivity contribution in [3.8, 4) is 6.07 Å². The van der Waals surface area contributed by atoms with Gasteiger partial charge in [0, 0.05) is 26.2 Å². The molecule has 6 nitrogen and oxygen atoms in total. The van der Waals surface area contributed by atoms with Gasteiger partial charge in [-0.15, -0.1) is 0 Å². The third-order valence-corrected chi connectivity index (χ3v) is 3.27. The van der Waals surface area contributed by atoms with Crippen molar-refractivity contribution >= 4 is 5.95 Å². The second-order valence-corrected chi connectivity index (χ2v) is 4.58. The number of nitrogens with zero attached hydrogens (tertiary/aromatic N) is 4. The summed E-state index contributed by atoms with van der Waals surface area (Å²) < 4.78 is 0. The molecule has 2 heterocycles. The molecule has 18 heavy (non-hydrogen) atoms. The van der Waals surface area contributed by atoms with Crippen molar-refractivity contribution in [1.29, 1.82) is 5.26 Å². The van der Waals surface area contributed by atoms with Crippen molar-refractivity contribution in [2.75, 3.05) is 38.1 Å². The number of nitrogens with one attached hydrogen (secondary N) is 1. The third-order valence-electron chi connectivity index (χ3n) is 3.27. The minimum Gasteiger partial charge on any atom is -0.340 e. The minimum absolute atomic E-state index is 0.108. The zero-order valence-corrected chi connectivity index (χ0v) is 10.7. The molecule has 0 radical (unpaired) electrons. The van der Waals surface area contributed by atoms with Crippen LogP contribution >= 0.6 is 0 Å². The molecule has 0 spiro atoms. The average Bonchev–Trinajstić information content (AvgIpc) is 2.34. The van der Waals surface area contributed by atoms with Crippen molar-refractivity contribution in [3.05, 3.63) is 21.6 Å². The summed E-state index contributed by atoms with van der Waals surface area (Å²) in [6.45, 7) is 5.42. The molecule has 96 valence electrons. The van der Waals surface area contributed by atoms with Gasteiger partial charge in [-0.1, -0.05) is 0 Å². The molecule has 1 saturated heterocycles. The summed E-state index contributed by atoms with van der Waals surface area (Å²) in [7, 11) is 2.08. The monoisotopic (exact) mass is 247 g/mol. The van der Waals surface area contributed by atoms with Crippen molar-refractivity contribution in [2.45, 2.75) is 13.3 Å². The van der Waals surface area contributed by atoms with Crippen LogP contribution in [0.1, 0.15) is 11.3 Å². The second kappa shape index (κ2) is 5.19. The van der Waals surface area contributed by atoms with Crippen LogP contribution in [0.3, 0.4) is 0 Å². The summed E-state index contributed by atoms with van der Waals surface area (Å²) in [4.78, 5) is 23.4. The Bertz CT molecular complexity index is 522. The minimum atomic E-state index is -0.196. The number of aromatic nitrogens is 2. The number of aromatic amines is 1. The van der Waals surface area contributed by atoms with Crippen LogP contribution in [0.5, 0.6) is 0 Å². The quantitative estimate of drug-likeness (QED) is 0.789. The van der Waals surface area contributed by atoms with E-state index >= 15 is 0 Å². The van der Waals surface area contributed by atoms with Crippen LogP contribution in [-0.2, 0) is 6.42 Å². The fourth-order valence-electron chi connectivity index (χ4n) is 2.05. The Morgan fingerprint density at radius 1 is 1.39 bits per heavy atom. The SMILES string of the molecule is Cc1nc(N2CCN(C)CC2)[nH]c(=O)c1CC#N. The Balaban J connectivity index is 2.26. The molecule has 0 bridgehead atoms. The molecule has 1 aromatic heterocycles. The van der Waals surface area contributed by atoms with E-state index < -0.39 is 0 Å². The number of nitriles is 1. The maximum atomic E-state index is 11.9. The van der Waals surface area contributed by atoms with Crippen molar-refractivity contribution in [3.63, 3.8) is 0 Å². The van der Waals surface area contributed by atoms with Gasteiger partial charge in [-0.05, 0) is 14.0 Å². The number of H-pyrrole nitrogens is 1. The fourth-order valence-corrected chi connectivity index (χ4v) is 2.05. The number of aryl methyl sites for hydroxylation is 1. The summed E-state index contributed by atoms with van der Waals surface area (Å²) in [6.07, 6.45) is 0.108. The van der Waals surface area contributed by atoms with E-state index in [1.165, 1.54) is 0 Å². The second-order valence-electron chi connectivity index (χ2n) is 4.58. The molecule has 2 rings (SSSR count). The number of hydrogen-bond acceptors (Lipinski definition) is 5. The van der Waals surface area contributed by atoms with E-state index in [1.54, 1.807) is 6.92 Å². The Kier molecular flexibility index (Phi) is 3.63. The van der Waals surface area contributed by atoms with Crippen LogP contribution < -0.4 is 10.5 Å². The summed E-state index contributed by atoms with van der Waals surface area (Å²) in [5.41, 5.74) is 0.919. The van der Waals surface area contributed by atoms with E-state index in [0.717, 1.165) is 26.2 Å². The van der Waals surface area contributed by atoms with E-state index in [-0.39, 0.29) is 12.0 Å². The Labute approximate surface area is 106 Å². The summed E-state index contributed by atoms with van der Waals surface area (Å²) in [5.74, 6) is 0.618.